The van der Waals surface area contributed by atoms with Gasteiger partial charge in [0.05, 0.1) is 35.8 Å². The summed E-state index contributed by atoms with van der Waals surface area (Å²) in [6.07, 6.45) is 11.3. The van der Waals surface area contributed by atoms with E-state index in [0.29, 0.717) is 25.8 Å². The fraction of sp³-hybridized carbons (Fsp3) is 0.767. The van der Waals surface area contributed by atoms with Crippen LogP contribution in [-0.4, -0.2) is 80.1 Å². The van der Waals surface area contributed by atoms with Crippen molar-refractivity contribution < 1.29 is 24.2 Å². The fourth-order valence-electron chi connectivity index (χ4n) is 7.65. The summed E-state index contributed by atoms with van der Waals surface area (Å²) in [6.45, 7) is 14.3. The summed E-state index contributed by atoms with van der Waals surface area (Å²) in [5.74, 6) is -1.58. The SMILES string of the molecule is C=CCCOC(=O)[C@H]1[C@H]2C(=O)N([C@@H](CO)CC(C)C)C(C(=O)N(CC=C)C3CCCCC3)C23CC[C@]1(C)S3. The summed E-state index contributed by atoms with van der Waals surface area (Å²) < 4.78 is 4.48. The molecule has 1 N–H and O–H groups in total. The molecule has 8 heteroatoms. The zero-order chi connectivity index (χ0) is 27.7. The molecule has 1 saturated carbocycles. The Kier molecular flexibility index (Phi) is 9.02. The molecule has 0 radical (unpaired) electrons. The van der Waals surface area contributed by atoms with Gasteiger partial charge in [0.2, 0.25) is 11.8 Å². The van der Waals surface area contributed by atoms with Gasteiger partial charge in [-0.1, -0.05) is 45.3 Å². The first-order valence-electron chi connectivity index (χ1n) is 14.5. The van der Waals surface area contributed by atoms with E-state index in [2.05, 4.69) is 33.9 Å². The molecule has 1 aliphatic carbocycles. The molecule has 4 rings (SSSR count). The lowest BCUT2D eigenvalue weighted by Crippen LogP contribution is -2.59. The van der Waals surface area contributed by atoms with E-state index in [1.165, 1.54) is 6.42 Å². The molecule has 7 nitrogen and oxygen atoms in total. The van der Waals surface area contributed by atoms with Crippen LogP contribution >= 0.6 is 11.8 Å². The largest absolute Gasteiger partial charge is 0.465 e. The first kappa shape index (κ1) is 29.2. The van der Waals surface area contributed by atoms with Gasteiger partial charge in [-0.2, -0.15) is 0 Å². The van der Waals surface area contributed by atoms with Gasteiger partial charge in [-0.25, -0.2) is 0 Å². The number of amides is 2. The summed E-state index contributed by atoms with van der Waals surface area (Å²) >= 11 is 1.66. The van der Waals surface area contributed by atoms with Gasteiger partial charge < -0.3 is 19.6 Å². The number of likely N-dealkylation sites (tertiary alicyclic amines) is 1. The molecule has 3 aliphatic heterocycles. The van der Waals surface area contributed by atoms with E-state index >= 15 is 0 Å². The molecule has 2 unspecified atom stereocenters. The van der Waals surface area contributed by atoms with Gasteiger partial charge in [0.25, 0.3) is 0 Å². The van der Waals surface area contributed by atoms with Crippen molar-refractivity contribution in [2.75, 3.05) is 19.8 Å². The van der Waals surface area contributed by atoms with Crippen molar-refractivity contribution in [3.8, 4) is 0 Å². The number of nitrogens with zero attached hydrogens (tertiary/aromatic N) is 2. The van der Waals surface area contributed by atoms with Gasteiger partial charge in [0.15, 0.2) is 0 Å². The number of carbonyl (C=O) groups is 3. The highest BCUT2D eigenvalue weighted by Gasteiger charge is 2.78. The quantitative estimate of drug-likeness (QED) is 0.223. The van der Waals surface area contributed by atoms with Crippen LogP contribution in [0.15, 0.2) is 25.3 Å². The van der Waals surface area contributed by atoms with Crippen LogP contribution in [0.2, 0.25) is 0 Å². The number of aliphatic hydroxyl groups excluding tert-OH is 1. The van der Waals surface area contributed by atoms with Gasteiger partial charge in [0.1, 0.15) is 6.04 Å². The van der Waals surface area contributed by atoms with E-state index in [9.17, 15) is 19.5 Å². The molecular formula is C30H46N2O5S. The van der Waals surface area contributed by atoms with Crippen LogP contribution in [0.1, 0.15) is 78.6 Å². The van der Waals surface area contributed by atoms with Crippen LogP contribution in [-0.2, 0) is 19.1 Å². The molecule has 38 heavy (non-hydrogen) atoms. The molecule has 0 aromatic rings. The van der Waals surface area contributed by atoms with Crippen molar-refractivity contribution >= 4 is 29.5 Å². The number of esters is 1. The van der Waals surface area contributed by atoms with E-state index in [-0.39, 0.29) is 43.0 Å². The second-order valence-electron chi connectivity index (χ2n) is 12.3. The number of ether oxygens (including phenoxy) is 1. The lowest BCUT2D eigenvalue weighted by Gasteiger charge is -2.42. The number of hydrogen-bond acceptors (Lipinski definition) is 6. The van der Waals surface area contributed by atoms with E-state index < -0.39 is 33.4 Å². The van der Waals surface area contributed by atoms with Crippen LogP contribution in [0, 0.1) is 17.8 Å². The van der Waals surface area contributed by atoms with Crippen LogP contribution < -0.4 is 0 Å². The highest BCUT2D eigenvalue weighted by atomic mass is 32.2. The molecule has 6 atom stereocenters. The number of aliphatic hydroxyl groups is 1. The average molecular weight is 547 g/mol. The Hall–Kier alpha value is -1.80. The van der Waals surface area contributed by atoms with E-state index in [0.717, 1.165) is 32.1 Å². The number of hydrogen-bond donors (Lipinski definition) is 1. The Labute approximate surface area is 232 Å². The Balaban J connectivity index is 1.77. The zero-order valence-electron chi connectivity index (χ0n) is 23.4. The van der Waals surface area contributed by atoms with Gasteiger partial charge >= 0.3 is 5.97 Å². The third-order valence-corrected chi connectivity index (χ3v) is 11.2. The average Bonchev–Trinajstić information content (AvgIpc) is 3.46. The molecule has 3 saturated heterocycles. The molecule has 2 bridgehead atoms. The summed E-state index contributed by atoms with van der Waals surface area (Å²) in [5, 5.41) is 10.5. The van der Waals surface area contributed by atoms with E-state index in [4.69, 9.17) is 4.74 Å². The summed E-state index contributed by atoms with van der Waals surface area (Å²) in [7, 11) is 0. The Morgan fingerprint density at radius 2 is 1.92 bits per heavy atom. The topological polar surface area (TPSA) is 87.1 Å². The second kappa shape index (κ2) is 11.7. The van der Waals surface area contributed by atoms with Crippen LogP contribution in [0.25, 0.3) is 0 Å². The molecular weight excluding hydrogens is 500 g/mol. The number of carbonyl (C=O) groups excluding carboxylic acids is 3. The monoisotopic (exact) mass is 546 g/mol. The normalized spacial score (nSPS) is 33.3. The first-order valence-corrected chi connectivity index (χ1v) is 15.3. The fourth-order valence-corrected chi connectivity index (χ4v) is 9.98. The Morgan fingerprint density at radius 3 is 2.53 bits per heavy atom. The number of fused-ring (bicyclic) bond motifs is 1. The Bertz CT molecular complexity index is 934. The van der Waals surface area contributed by atoms with Crippen LogP contribution in [0.4, 0.5) is 0 Å². The maximum Gasteiger partial charge on any atom is 0.311 e. The minimum Gasteiger partial charge on any atom is -0.465 e. The zero-order valence-corrected chi connectivity index (χ0v) is 24.2. The molecule has 0 aromatic carbocycles. The predicted molar refractivity (Wildman–Crippen MR) is 150 cm³/mol. The summed E-state index contributed by atoms with van der Waals surface area (Å²) in [6, 6.07) is -1.06. The highest BCUT2D eigenvalue weighted by molar-refractivity contribution is 8.02. The van der Waals surface area contributed by atoms with Gasteiger partial charge in [-0.05, 0) is 51.4 Å². The van der Waals surface area contributed by atoms with Gasteiger partial charge in [0, 0.05) is 17.3 Å². The van der Waals surface area contributed by atoms with Gasteiger partial charge in [-0.15, -0.1) is 24.9 Å². The minimum atomic E-state index is -0.712. The van der Waals surface area contributed by atoms with Crippen molar-refractivity contribution in [3.05, 3.63) is 25.3 Å². The molecule has 2 amide bonds. The minimum absolute atomic E-state index is 0.0488. The Morgan fingerprint density at radius 1 is 1.21 bits per heavy atom. The molecule has 0 aromatic heterocycles. The van der Waals surface area contributed by atoms with Crippen molar-refractivity contribution in [3.63, 3.8) is 0 Å². The lowest BCUT2D eigenvalue weighted by molar-refractivity contribution is -0.156. The highest BCUT2D eigenvalue weighted by Crippen LogP contribution is 2.72. The molecule has 4 aliphatic rings. The standard InChI is InChI=1S/C30H46N2O5S/c1-6-8-17-37-28(36)24-23-26(34)32(22(19-33)18-20(3)4)25(30(23)15-14-29(24,5)38-30)27(35)31(16-7-2)21-12-10-9-11-13-21/h6-7,20-25,33H,1-2,8-19H2,3-5H3/t22-,23+,24-,25?,29+,30?/m1/s1. The maximum atomic E-state index is 14.7. The van der Waals surface area contributed by atoms with Crippen molar-refractivity contribution in [1.82, 2.24) is 9.80 Å². The molecule has 4 fully saturated rings. The number of thioether (sulfide) groups is 1. The number of rotatable bonds is 12. The third-order valence-electron chi connectivity index (χ3n) is 9.24. The van der Waals surface area contributed by atoms with E-state index in [1.54, 1.807) is 28.8 Å². The lowest BCUT2D eigenvalue weighted by atomic mass is 9.66. The summed E-state index contributed by atoms with van der Waals surface area (Å²) in [5.41, 5.74) is 0. The molecule has 1 spiro atoms. The molecule has 212 valence electrons. The third kappa shape index (κ3) is 4.96. The first-order chi connectivity index (χ1) is 18.1. The van der Waals surface area contributed by atoms with Crippen molar-refractivity contribution in [2.24, 2.45) is 17.8 Å². The predicted octanol–water partition coefficient (Wildman–Crippen LogP) is 4.34. The smallest absolute Gasteiger partial charge is 0.311 e. The van der Waals surface area contributed by atoms with E-state index in [1.807, 2.05) is 4.90 Å². The van der Waals surface area contributed by atoms with Crippen molar-refractivity contribution in [2.45, 2.75) is 106 Å². The molecule has 3 heterocycles. The van der Waals surface area contributed by atoms with Gasteiger partial charge in [-0.3, -0.25) is 14.4 Å². The second-order valence-corrected chi connectivity index (χ2v) is 14.2. The maximum absolute atomic E-state index is 14.7. The van der Waals surface area contributed by atoms with Crippen LogP contribution in [0.3, 0.4) is 0 Å². The van der Waals surface area contributed by atoms with Crippen molar-refractivity contribution in [1.29, 1.82) is 0 Å². The van der Waals surface area contributed by atoms with Crippen LogP contribution in [0.5, 0.6) is 0 Å². The summed E-state index contributed by atoms with van der Waals surface area (Å²) in [4.78, 5) is 46.2.